The molecule has 0 aliphatic rings. The number of hydrogen-bond donors (Lipinski definition) is 2. The molecule has 0 fully saturated rings. The Morgan fingerprint density at radius 3 is 3.00 bits per heavy atom. The van der Waals surface area contributed by atoms with Crippen LogP contribution in [-0.4, -0.2) is 10.9 Å². The van der Waals surface area contributed by atoms with E-state index in [1.807, 2.05) is 42.5 Å². The average molecular weight is 295 g/mol. The molecule has 0 spiro atoms. The van der Waals surface area contributed by atoms with Crippen molar-refractivity contribution in [3.8, 4) is 0 Å². The second-order valence-corrected chi connectivity index (χ2v) is 5.41. The minimum Gasteiger partial charge on any atom is -0.399 e. The number of thiazole rings is 1. The summed E-state index contributed by atoms with van der Waals surface area (Å²) in [4.78, 5) is 16.1. The SMILES string of the molecule is Nc1cccc(/C=C/C(=O)Nc2ccc3ncsc3c2)c1. The van der Waals surface area contributed by atoms with Crippen molar-refractivity contribution in [2.45, 2.75) is 0 Å². The van der Waals surface area contributed by atoms with Gasteiger partial charge in [-0.1, -0.05) is 12.1 Å². The zero-order valence-corrected chi connectivity index (χ0v) is 11.9. The highest BCUT2D eigenvalue weighted by atomic mass is 32.1. The van der Waals surface area contributed by atoms with Gasteiger partial charge in [-0.3, -0.25) is 4.79 Å². The number of nitrogens with two attached hydrogens (primary N) is 1. The molecule has 2 aromatic carbocycles. The van der Waals surface area contributed by atoms with Gasteiger partial charge in [-0.05, 0) is 42.0 Å². The fourth-order valence-electron chi connectivity index (χ4n) is 1.95. The summed E-state index contributed by atoms with van der Waals surface area (Å²) in [7, 11) is 0. The number of aromatic nitrogens is 1. The molecule has 1 amide bonds. The van der Waals surface area contributed by atoms with Crippen LogP contribution in [0.15, 0.2) is 54.1 Å². The molecule has 1 aromatic heterocycles. The Labute approximate surface area is 125 Å². The van der Waals surface area contributed by atoms with E-state index in [1.54, 1.807) is 22.9 Å². The van der Waals surface area contributed by atoms with Crippen molar-refractivity contribution < 1.29 is 4.79 Å². The van der Waals surface area contributed by atoms with E-state index in [0.29, 0.717) is 5.69 Å². The zero-order chi connectivity index (χ0) is 14.7. The number of anilines is 2. The van der Waals surface area contributed by atoms with Crippen molar-refractivity contribution in [3.63, 3.8) is 0 Å². The Morgan fingerprint density at radius 1 is 1.24 bits per heavy atom. The highest BCUT2D eigenvalue weighted by molar-refractivity contribution is 7.16. The molecular weight excluding hydrogens is 282 g/mol. The molecule has 0 atom stereocenters. The molecule has 5 heteroatoms. The standard InChI is InChI=1S/C16H13N3OS/c17-12-3-1-2-11(8-12)4-7-16(20)19-13-5-6-14-15(9-13)21-10-18-14/h1-10H,17H2,(H,19,20)/b7-4+. The highest BCUT2D eigenvalue weighted by Gasteiger charge is 2.01. The highest BCUT2D eigenvalue weighted by Crippen LogP contribution is 2.21. The van der Waals surface area contributed by atoms with Gasteiger partial charge in [0.25, 0.3) is 0 Å². The van der Waals surface area contributed by atoms with E-state index < -0.39 is 0 Å². The van der Waals surface area contributed by atoms with Crippen LogP contribution in [0.25, 0.3) is 16.3 Å². The van der Waals surface area contributed by atoms with E-state index in [4.69, 9.17) is 5.73 Å². The molecule has 0 saturated carbocycles. The van der Waals surface area contributed by atoms with Gasteiger partial charge in [0, 0.05) is 17.5 Å². The van der Waals surface area contributed by atoms with Crippen LogP contribution in [0.3, 0.4) is 0 Å². The van der Waals surface area contributed by atoms with E-state index in [-0.39, 0.29) is 5.91 Å². The lowest BCUT2D eigenvalue weighted by atomic mass is 10.2. The number of carbonyl (C=O) groups is 1. The molecule has 21 heavy (non-hydrogen) atoms. The van der Waals surface area contributed by atoms with Crippen LogP contribution in [0, 0.1) is 0 Å². The minimum atomic E-state index is -0.179. The van der Waals surface area contributed by atoms with E-state index in [1.165, 1.54) is 6.08 Å². The number of amides is 1. The Bertz CT molecular complexity index is 823. The van der Waals surface area contributed by atoms with Crippen LogP contribution >= 0.6 is 11.3 Å². The van der Waals surface area contributed by atoms with Crippen LogP contribution in [0.2, 0.25) is 0 Å². The minimum absolute atomic E-state index is 0.179. The number of hydrogen-bond acceptors (Lipinski definition) is 4. The Balaban J connectivity index is 1.71. The number of nitrogen functional groups attached to an aromatic ring is 1. The first-order valence-corrected chi connectivity index (χ1v) is 7.26. The number of nitrogens with zero attached hydrogens (tertiary/aromatic N) is 1. The summed E-state index contributed by atoms with van der Waals surface area (Å²) in [6.07, 6.45) is 3.22. The first kappa shape index (κ1) is 13.3. The lowest BCUT2D eigenvalue weighted by Gasteiger charge is -2.02. The first-order valence-electron chi connectivity index (χ1n) is 6.38. The van der Waals surface area contributed by atoms with Gasteiger partial charge in [0.1, 0.15) is 0 Å². The largest absolute Gasteiger partial charge is 0.399 e. The fourth-order valence-corrected chi connectivity index (χ4v) is 2.67. The average Bonchev–Trinajstić information content (AvgIpc) is 2.93. The number of rotatable bonds is 3. The van der Waals surface area contributed by atoms with Crippen LogP contribution in [0.1, 0.15) is 5.56 Å². The molecule has 0 bridgehead atoms. The molecule has 1 heterocycles. The third kappa shape index (κ3) is 3.27. The quantitative estimate of drug-likeness (QED) is 0.573. The second kappa shape index (κ2) is 5.76. The van der Waals surface area contributed by atoms with Crippen molar-refractivity contribution in [3.05, 3.63) is 59.6 Å². The molecule has 0 saturated heterocycles. The summed E-state index contributed by atoms with van der Waals surface area (Å²) in [5.74, 6) is -0.179. The van der Waals surface area contributed by atoms with Crippen molar-refractivity contribution in [1.82, 2.24) is 4.98 Å². The summed E-state index contributed by atoms with van der Waals surface area (Å²) in [6.45, 7) is 0. The topological polar surface area (TPSA) is 68.0 Å². The maximum absolute atomic E-state index is 11.9. The van der Waals surface area contributed by atoms with Gasteiger partial charge in [-0.15, -0.1) is 11.3 Å². The Morgan fingerprint density at radius 2 is 2.14 bits per heavy atom. The molecule has 3 rings (SSSR count). The third-order valence-corrected chi connectivity index (χ3v) is 3.73. The van der Waals surface area contributed by atoms with Gasteiger partial charge in [0.15, 0.2) is 0 Å². The van der Waals surface area contributed by atoms with Crippen LogP contribution in [-0.2, 0) is 4.79 Å². The number of benzene rings is 2. The monoisotopic (exact) mass is 295 g/mol. The molecule has 3 aromatic rings. The van der Waals surface area contributed by atoms with E-state index in [0.717, 1.165) is 21.5 Å². The Kier molecular flexibility index (Phi) is 3.66. The van der Waals surface area contributed by atoms with Crippen LogP contribution in [0.4, 0.5) is 11.4 Å². The normalized spacial score (nSPS) is 11.0. The summed E-state index contributed by atoms with van der Waals surface area (Å²) in [5.41, 5.74) is 10.7. The van der Waals surface area contributed by atoms with Crippen LogP contribution in [0.5, 0.6) is 0 Å². The maximum Gasteiger partial charge on any atom is 0.248 e. The fraction of sp³-hybridized carbons (Fsp3) is 0. The van der Waals surface area contributed by atoms with Gasteiger partial charge >= 0.3 is 0 Å². The number of nitrogens with one attached hydrogen (secondary N) is 1. The smallest absolute Gasteiger partial charge is 0.248 e. The van der Waals surface area contributed by atoms with Crippen molar-refractivity contribution >= 4 is 44.9 Å². The summed E-state index contributed by atoms with van der Waals surface area (Å²) < 4.78 is 1.05. The van der Waals surface area contributed by atoms with Crippen LogP contribution < -0.4 is 11.1 Å². The van der Waals surface area contributed by atoms with E-state index in [2.05, 4.69) is 10.3 Å². The predicted octanol–water partition coefficient (Wildman–Crippen LogP) is 3.53. The number of carbonyl (C=O) groups excluding carboxylic acids is 1. The van der Waals surface area contributed by atoms with Crippen molar-refractivity contribution in [1.29, 1.82) is 0 Å². The molecule has 0 aliphatic carbocycles. The molecule has 104 valence electrons. The van der Waals surface area contributed by atoms with Gasteiger partial charge in [-0.25, -0.2) is 4.98 Å². The first-order chi connectivity index (χ1) is 10.2. The lowest BCUT2D eigenvalue weighted by Crippen LogP contribution is -2.07. The third-order valence-electron chi connectivity index (χ3n) is 2.94. The Hall–Kier alpha value is -2.66. The van der Waals surface area contributed by atoms with Gasteiger partial charge in [-0.2, -0.15) is 0 Å². The molecule has 3 N–H and O–H groups in total. The van der Waals surface area contributed by atoms with Gasteiger partial charge in [0.05, 0.1) is 15.7 Å². The van der Waals surface area contributed by atoms with Gasteiger partial charge < -0.3 is 11.1 Å². The molecule has 0 radical (unpaired) electrons. The second-order valence-electron chi connectivity index (χ2n) is 4.53. The summed E-state index contributed by atoms with van der Waals surface area (Å²) >= 11 is 1.55. The maximum atomic E-state index is 11.9. The van der Waals surface area contributed by atoms with Gasteiger partial charge in [0.2, 0.25) is 5.91 Å². The molecule has 0 aliphatic heterocycles. The number of fused-ring (bicyclic) bond motifs is 1. The van der Waals surface area contributed by atoms with E-state index >= 15 is 0 Å². The van der Waals surface area contributed by atoms with Crippen molar-refractivity contribution in [2.24, 2.45) is 0 Å². The van der Waals surface area contributed by atoms with E-state index in [9.17, 15) is 4.79 Å². The lowest BCUT2D eigenvalue weighted by molar-refractivity contribution is -0.111. The summed E-state index contributed by atoms with van der Waals surface area (Å²) in [6, 6.07) is 13.0. The summed E-state index contributed by atoms with van der Waals surface area (Å²) in [5, 5.41) is 2.83. The predicted molar refractivity (Wildman–Crippen MR) is 88.1 cm³/mol. The molecule has 4 nitrogen and oxygen atoms in total. The molecule has 0 unspecified atom stereocenters. The molecular formula is C16H13N3OS. The zero-order valence-electron chi connectivity index (χ0n) is 11.1. The van der Waals surface area contributed by atoms with Crippen molar-refractivity contribution in [2.75, 3.05) is 11.1 Å².